The van der Waals surface area contributed by atoms with Crippen LogP contribution in [-0.2, 0) is 21.4 Å². The highest BCUT2D eigenvalue weighted by Gasteiger charge is 2.27. The number of hydrogen-bond acceptors (Lipinski definition) is 4. The summed E-state index contributed by atoms with van der Waals surface area (Å²) in [6, 6.07) is 12.8. The zero-order valence-electron chi connectivity index (χ0n) is 15.7. The van der Waals surface area contributed by atoms with Crippen LogP contribution in [0.15, 0.2) is 53.4 Å². The van der Waals surface area contributed by atoms with Crippen LogP contribution < -0.4 is 10.5 Å². The Morgan fingerprint density at radius 2 is 1.62 bits per heavy atom. The van der Waals surface area contributed by atoms with Gasteiger partial charge >= 0.3 is 0 Å². The Bertz CT molecular complexity index is 983. The second-order valence-electron chi connectivity index (χ2n) is 6.98. The van der Waals surface area contributed by atoms with Crippen molar-refractivity contribution in [2.75, 3.05) is 13.1 Å². The summed E-state index contributed by atoms with van der Waals surface area (Å²) in [6.07, 6.45) is 1.15. The molecule has 0 spiro atoms. The van der Waals surface area contributed by atoms with E-state index in [1.165, 1.54) is 24.3 Å². The summed E-state index contributed by atoms with van der Waals surface area (Å²) >= 11 is 5.86. The number of carbonyl (C=O) groups excluding carboxylic acids is 2. The number of amides is 2. The van der Waals surface area contributed by atoms with Crippen molar-refractivity contribution in [3.05, 3.63) is 64.7 Å². The predicted octanol–water partition coefficient (Wildman–Crippen LogP) is 2.16. The van der Waals surface area contributed by atoms with E-state index in [0.29, 0.717) is 43.1 Å². The first-order chi connectivity index (χ1) is 13.7. The first-order valence-electron chi connectivity index (χ1n) is 9.18. The van der Waals surface area contributed by atoms with Crippen molar-refractivity contribution in [1.29, 1.82) is 0 Å². The molecule has 0 saturated carbocycles. The molecule has 0 aromatic heterocycles. The average molecular weight is 436 g/mol. The molecular formula is C20H22ClN3O4S. The molecule has 29 heavy (non-hydrogen) atoms. The number of nitrogens with two attached hydrogens (primary N) is 1. The maximum absolute atomic E-state index is 12.6. The lowest BCUT2D eigenvalue weighted by atomic mass is 9.95. The fourth-order valence-electron chi connectivity index (χ4n) is 3.25. The van der Waals surface area contributed by atoms with Crippen LogP contribution in [0, 0.1) is 5.92 Å². The molecule has 0 atom stereocenters. The predicted molar refractivity (Wildman–Crippen MR) is 110 cm³/mol. The molecule has 7 nitrogen and oxygen atoms in total. The molecular weight excluding hydrogens is 414 g/mol. The van der Waals surface area contributed by atoms with Gasteiger partial charge in [0, 0.05) is 36.1 Å². The highest BCUT2D eigenvalue weighted by atomic mass is 35.5. The van der Waals surface area contributed by atoms with Crippen molar-refractivity contribution >= 4 is 33.4 Å². The highest BCUT2D eigenvalue weighted by Crippen LogP contribution is 2.20. The lowest BCUT2D eigenvalue weighted by molar-refractivity contribution is -0.126. The molecule has 1 fully saturated rings. The van der Waals surface area contributed by atoms with Crippen molar-refractivity contribution in [1.82, 2.24) is 10.2 Å². The molecule has 3 N–H and O–H groups in total. The van der Waals surface area contributed by atoms with Gasteiger partial charge in [0.2, 0.25) is 15.9 Å². The fraction of sp³-hybridized carbons (Fsp3) is 0.300. The lowest BCUT2D eigenvalue weighted by Crippen LogP contribution is -2.42. The quantitative estimate of drug-likeness (QED) is 0.749. The number of primary sulfonamides is 1. The van der Waals surface area contributed by atoms with E-state index in [-0.39, 0.29) is 22.6 Å². The van der Waals surface area contributed by atoms with E-state index in [2.05, 4.69) is 5.32 Å². The summed E-state index contributed by atoms with van der Waals surface area (Å²) < 4.78 is 22.6. The van der Waals surface area contributed by atoms with Gasteiger partial charge in [-0.2, -0.15) is 0 Å². The van der Waals surface area contributed by atoms with Crippen LogP contribution in [0.4, 0.5) is 0 Å². The summed E-state index contributed by atoms with van der Waals surface area (Å²) in [6.45, 7) is 1.37. The average Bonchev–Trinajstić information content (AvgIpc) is 2.72. The number of hydrogen-bond donors (Lipinski definition) is 2. The first kappa shape index (κ1) is 21.3. The van der Waals surface area contributed by atoms with Crippen molar-refractivity contribution in [2.45, 2.75) is 24.3 Å². The molecule has 9 heteroatoms. The minimum atomic E-state index is -3.79. The van der Waals surface area contributed by atoms with Crippen LogP contribution in [0.2, 0.25) is 5.02 Å². The molecule has 2 amide bonds. The molecule has 154 valence electrons. The van der Waals surface area contributed by atoms with Crippen molar-refractivity contribution in [2.24, 2.45) is 11.1 Å². The number of likely N-dealkylation sites (tertiary alicyclic amines) is 1. The summed E-state index contributed by atoms with van der Waals surface area (Å²) in [5, 5.41) is 8.65. The third-order valence-corrected chi connectivity index (χ3v) is 6.14. The normalized spacial score (nSPS) is 15.2. The van der Waals surface area contributed by atoms with Crippen LogP contribution >= 0.6 is 11.6 Å². The zero-order valence-corrected chi connectivity index (χ0v) is 17.2. The van der Waals surface area contributed by atoms with Gasteiger partial charge in [-0.05, 0) is 54.8 Å². The molecule has 1 heterocycles. The monoisotopic (exact) mass is 435 g/mol. The van der Waals surface area contributed by atoms with Crippen LogP contribution in [0.25, 0.3) is 0 Å². The molecule has 0 radical (unpaired) electrons. The maximum Gasteiger partial charge on any atom is 0.253 e. The molecule has 1 aliphatic rings. The molecule has 1 aliphatic heterocycles. The third kappa shape index (κ3) is 5.56. The van der Waals surface area contributed by atoms with Crippen LogP contribution in [0.5, 0.6) is 0 Å². The minimum Gasteiger partial charge on any atom is -0.352 e. The molecule has 1 saturated heterocycles. The summed E-state index contributed by atoms with van der Waals surface area (Å²) in [4.78, 5) is 26.7. The van der Waals surface area contributed by atoms with E-state index in [1.54, 1.807) is 17.0 Å². The minimum absolute atomic E-state index is 0.0236. The number of halogens is 1. The van der Waals surface area contributed by atoms with Gasteiger partial charge in [-0.1, -0.05) is 23.7 Å². The Hall–Kier alpha value is -2.42. The van der Waals surface area contributed by atoms with E-state index in [4.69, 9.17) is 16.7 Å². The number of sulfonamides is 1. The Kier molecular flexibility index (Phi) is 6.56. The van der Waals surface area contributed by atoms with Crippen molar-refractivity contribution in [3.8, 4) is 0 Å². The smallest absolute Gasteiger partial charge is 0.253 e. The second-order valence-corrected chi connectivity index (χ2v) is 8.98. The number of benzene rings is 2. The largest absolute Gasteiger partial charge is 0.352 e. The molecule has 0 aliphatic carbocycles. The SMILES string of the molecule is NS(=O)(=O)c1ccc(C(=O)N2CCC(C(=O)NCc3ccc(Cl)cc3)CC2)cc1. The van der Waals surface area contributed by atoms with Gasteiger partial charge in [0.05, 0.1) is 4.90 Å². The van der Waals surface area contributed by atoms with Gasteiger partial charge in [-0.3, -0.25) is 9.59 Å². The van der Waals surface area contributed by atoms with Crippen molar-refractivity contribution < 1.29 is 18.0 Å². The van der Waals surface area contributed by atoms with E-state index in [1.807, 2.05) is 12.1 Å². The number of piperidine rings is 1. The zero-order chi connectivity index (χ0) is 21.0. The summed E-state index contributed by atoms with van der Waals surface area (Å²) in [5.41, 5.74) is 1.36. The number of rotatable bonds is 5. The van der Waals surface area contributed by atoms with Gasteiger partial charge in [-0.25, -0.2) is 13.6 Å². The Labute approximate surface area is 174 Å². The van der Waals surface area contributed by atoms with E-state index < -0.39 is 10.0 Å². The Balaban J connectivity index is 1.51. The van der Waals surface area contributed by atoms with Gasteiger partial charge in [-0.15, -0.1) is 0 Å². The van der Waals surface area contributed by atoms with E-state index in [9.17, 15) is 18.0 Å². The van der Waals surface area contributed by atoms with E-state index in [0.717, 1.165) is 5.56 Å². The molecule has 2 aromatic rings. The molecule has 3 rings (SSSR count). The van der Waals surface area contributed by atoms with Gasteiger partial charge in [0.1, 0.15) is 0 Å². The van der Waals surface area contributed by atoms with Crippen molar-refractivity contribution in [3.63, 3.8) is 0 Å². The molecule has 0 bridgehead atoms. The van der Waals surface area contributed by atoms with Gasteiger partial charge in [0.25, 0.3) is 5.91 Å². The fourth-order valence-corrected chi connectivity index (χ4v) is 3.89. The number of nitrogens with zero attached hydrogens (tertiary/aromatic N) is 1. The standard InChI is InChI=1S/C20H22ClN3O4S/c21-17-5-1-14(2-6-17)13-23-19(25)15-9-11-24(12-10-15)20(26)16-3-7-18(8-4-16)29(22,27)28/h1-8,15H,9-13H2,(H,23,25)(H2,22,27,28). The van der Waals surface area contributed by atoms with Crippen LogP contribution in [0.1, 0.15) is 28.8 Å². The third-order valence-electron chi connectivity index (χ3n) is 4.96. The summed E-state index contributed by atoms with van der Waals surface area (Å²) in [5.74, 6) is -0.355. The Morgan fingerprint density at radius 1 is 1.03 bits per heavy atom. The number of nitrogens with one attached hydrogen (secondary N) is 1. The van der Waals surface area contributed by atoms with Crippen LogP contribution in [-0.4, -0.2) is 38.2 Å². The topological polar surface area (TPSA) is 110 Å². The van der Waals surface area contributed by atoms with Gasteiger partial charge < -0.3 is 10.2 Å². The van der Waals surface area contributed by atoms with Gasteiger partial charge in [0.15, 0.2) is 0 Å². The Morgan fingerprint density at radius 3 is 2.17 bits per heavy atom. The molecule has 2 aromatic carbocycles. The van der Waals surface area contributed by atoms with E-state index >= 15 is 0 Å². The lowest BCUT2D eigenvalue weighted by Gasteiger charge is -2.31. The number of carbonyl (C=O) groups is 2. The first-order valence-corrected chi connectivity index (χ1v) is 11.1. The maximum atomic E-state index is 12.6. The second kappa shape index (κ2) is 8.94. The highest BCUT2D eigenvalue weighted by molar-refractivity contribution is 7.89. The molecule has 0 unspecified atom stereocenters. The summed E-state index contributed by atoms with van der Waals surface area (Å²) in [7, 11) is -3.79. The van der Waals surface area contributed by atoms with Crippen LogP contribution in [0.3, 0.4) is 0 Å².